The van der Waals surface area contributed by atoms with Crippen molar-refractivity contribution in [2.75, 3.05) is 7.05 Å². The number of carbonyl (C=O) groups is 2. The van der Waals surface area contributed by atoms with E-state index < -0.39 is 6.17 Å². The number of amides is 2. The molecule has 0 saturated carbocycles. The fraction of sp³-hybridized carbons (Fsp3) is 0.250. The zero-order chi connectivity index (χ0) is 20.3. The summed E-state index contributed by atoms with van der Waals surface area (Å²) < 4.78 is 0. The highest BCUT2D eigenvalue weighted by Gasteiger charge is 2.27. The molecule has 1 aliphatic heterocycles. The van der Waals surface area contributed by atoms with E-state index in [-0.39, 0.29) is 23.4 Å². The molecular formula is C20H18Cl3N3O2. The lowest BCUT2D eigenvalue weighted by atomic mass is 10.1. The summed E-state index contributed by atoms with van der Waals surface area (Å²) in [4.78, 5) is 30.8. The Morgan fingerprint density at radius 1 is 1.21 bits per heavy atom. The maximum Gasteiger partial charge on any atom is 0.267 e. The van der Waals surface area contributed by atoms with Crippen LogP contribution in [0.25, 0.3) is 0 Å². The van der Waals surface area contributed by atoms with Crippen LogP contribution in [0.2, 0.25) is 10.0 Å². The van der Waals surface area contributed by atoms with Gasteiger partial charge in [-0.2, -0.15) is 0 Å². The van der Waals surface area contributed by atoms with Crippen LogP contribution in [0.4, 0.5) is 0 Å². The van der Waals surface area contributed by atoms with Crippen molar-refractivity contribution in [2.24, 2.45) is 4.99 Å². The van der Waals surface area contributed by atoms with E-state index in [1.807, 2.05) is 24.3 Å². The Morgan fingerprint density at radius 2 is 1.96 bits per heavy atom. The average Bonchev–Trinajstić information content (AvgIpc) is 2.65. The molecule has 0 saturated heterocycles. The fourth-order valence-corrected chi connectivity index (χ4v) is 3.72. The predicted molar refractivity (Wildman–Crippen MR) is 112 cm³/mol. The third-order valence-corrected chi connectivity index (χ3v) is 5.32. The Morgan fingerprint density at radius 3 is 2.71 bits per heavy atom. The summed E-state index contributed by atoms with van der Waals surface area (Å²) in [6.07, 6.45) is -0.503. The van der Waals surface area contributed by atoms with Crippen LogP contribution in [0.5, 0.6) is 0 Å². The first-order valence-corrected chi connectivity index (χ1v) is 9.78. The highest BCUT2D eigenvalue weighted by atomic mass is 35.5. The molecule has 3 rings (SSSR count). The largest absolute Gasteiger partial charge is 0.338 e. The molecule has 0 bridgehead atoms. The first kappa shape index (κ1) is 20.6. The summed E-state index contributed by atoms with van der Waals surface area (Å²) in [5, 5.41) is 3.89. The molecule has 1 atom stereocenters. The Bertz CT molecular complexity index is 946. The van der Waals surface area contributed by atoms with E-state index in [9.17, 15) is 9.59 Å². The van der Waals surface area contributed by atoms with Crippen LogP contribution in [0.3, 0.4) is 0 Å². The standard InChI is InChI=1S/C20H18Cl3N3O2/c1-26-11-13-4-2-3-5-15(13)18(23)25-19(20(26)28)24-17(27)9-7-12-6-8-14(21)10-16(12)22/h2-6,8,10,19H,7,9,11H2,1H3,(H,24,27)/b25-18+. The summed E-state index contributed by atoms with van der Waals surface area (Å²) in [5.74, 6) is -0.648. The van der Waals surface area contributed by atoms with Crippen molar-refractivity contribution in [3.63, 3.8) is 0 Å². The van der Waals surface area contributed by atoms with Crippen LogP contribution in [0.15, 0.2) is 47.5 Å². The van der Waals surface area contributed by atoms with Gasteiger partial charge in [0, 0.05) is 35.6 Å². The van der Waals surface area contributed by atoms with Crippen molar-refractivity contribution in [1.82, 2.24) is 10.2 Å². The van der Waals surface area contributed by atoms with Crippen LogP contribution in [-0.4, -0.2) is 35.1 Å². The first-order valence-electron chi connectivity index (χ1n) is 8.65. The van der Waals surface area contributed by atoms with Crippen molar-refractivity contribution < 1.29 is 9.59 Å². The summed E-state index contributed by atoms with van der Waals surface area (Å²) in [6.45, 7) is 0.382. The van der Waals surface area contributed by atoms with Crippen LogP contribution in [0, 0.1) is 0 Å². The molecule has 0 fully saturated rings. The molecule has 2 amide bonds. The zero-order valence-corrected chi connectivity index (χ0v) is 17.4. The summed E-state index contributed by atoms with van der Waals surface area (Å²) in [6, 6.07) is 12.6. The monoisotopic (exact) mass is 437 g/mol. The molecule has 1 N–H and O–H groups in total. The van der Waals surface area contributed by atoms with Gasteiger partial charge in [0.15, 0.2) is 0 Å². The van der Waals surface area contributed by atoms with Crippen LogP contribution >= 0.6 is 34.8 Å². The van der Waals surface area contributed by atoms with Crippen molar-refractivity contribution in [3.05, 3.63) is 69.2 Å². The van der Waals surface area contributed by atoms with Crippen molar-refractivity contribution in [3.8, 4) is 0 Å². The minimum Gasteiger partial charge on any atom is -0.338 e. The van der Waals surface area contributed by atoms with Gasteiger partial charge >= 0.3 is 0 Å². The Hall–Kier alpha value is -2.08. The van der Waals surface area contributed by atoms with Gasteiger partial charge in [0.05, 0.1) is 0 Å². The van der Waals surface area contributed by atoms with Gasteiger partial charge in [0.2, 0.25) is 12.1 Å². The lowest BCUT2D eigenvalue weighted by Crippen LogP contribution is -2.47. The highest BCUT2D eigenvalue weighted by molar-refractivity contribution is 6.69. The Labute approximate surface area is 178 Å². The van der Waals surface area contributed by atoms with Crippen LogP contribution in [-0.2, 0) is 22.6 Å². The van der Waals surface area contributed by atoms with Gasteiger partial charge in [-0.15, -0.1) is 0 Å². The number of carbonyl (C=O) groups excluding carboxylic acids is 2. The number of benzene rings is 2. The van der Waals surface area contributed by atoms with E-state index in [1.54, 1.807) is 25.2 Å². The van der Waals surface area contributed by atoms with Crippen molar-refractivity contribution in [1.29, 1.82) is 0 Å². The molecule has 1 heterocycles. The van der Waals surface area contributed by atoms with Crippen molar-refractivity contribution >= 4 is 51.8 Å². The predicted octanol–water partition coefficient (Wildman–Crippen LogP) is 4.03. The molecule has 2 aromatic rings. The van der Waals surface area contributed by atoms with Gasteiger partial charge in [-0.05, 0) is 29.7 Å². The van der Waals surface area contributed by atoms with E-state index in [0.717, 1.165) is 16.7 Å². The van der Waals surface area contributed by atoms with Gasteiger partial charge in [-0.25, -0.2) is 4.99 Å². The molecule has 1 aliphatic rings. The maximum atomic E-state index is 12.7. The third-order valence-electron chi connectivity index (χ3n) is 4.43. The molecule has 146 valence electrons. The minimum atomic E-state index is -1.07. The Balaban J connectivity index is 1.73. The summed E-state index contributed by atoms with van der Waals surface area (Å²) >= 11 is 18.3. The number of aliphatic imine (C=N–C) groups is 1. The number of rotatable bonds is 4. The molecule has 0 radical (unpaired) electrons. The lowest BCUT2D eigenvalue weighted by molar-refractivity contribution is -0.135. The van der Waals surface area contributed by atoms with Gasteiger partial charge < -0.3 is 10.2 Å². The molecule has 28 heavy (non-hydrogen) atoms. The van der Waals surface area contributed by atoms with Gasteiger partial charge in [-0.1, -0.05) is 65.1 Å². The zero-order valence-electron chi connectivity index (χ0n) is 15.1. The molecule has 5 nitrogen and oxygen atoms in total. The number of hydrogen-bond donors (Lipinski definition) is 1. The molecule has 0 aromatic heterocycles. The quantitative estimate of drug-likeness (QED) is 0.783. The van der Waals surface area contributed by atoms with Crippen LogP contribution < -0.4 is 5.32 Å². The topological polar surface area (TPSA) is 61.8 Å². The molecular weight excluding hydrogens is 421 g/mol. The number of likely N-dealkylation sites (N-methyl/N-ethyl adjacent to an activating group) is 1. The molecule has 2 aromatic carbocycles. The van der Waals surface area contributed by atoms with Gasteiger partial charge in [0.25, 0.3) is 5.91 Å². The van der Waals surface area contributed by atoms with E-state index in [0.29, 0.717) is 23.0 Å². The number of nitrogens with one attached hydrogen (secondary N) is 1. The summed E-state index contributed by atoms with van der Waals surface area (Å²) in [5.41, 5.74) is 2.45. The molecule has 1 unspecified atom stereocenters. The first-order chi connectivity index (χ1) is 13.3. The number of aryl methyl sites for hydroxylation is 1. The van der Waals surface area contributed by atoms with E-state index in [2.05, 4.69) is 10.3 Å². The Kier molecular flexibility index (Phi) is 6.60. The normalized spacial score (nSPS) is 18.6. The maximum absolute atomic E-state index is 12.7. The summed E-state index contributed by atoms with van der Waals surface area (Å²) in [7, 11) is 1.67. The van der Waals surface area contributed by atoms with E-state index >= 15 is 0 Å². The smallest absolute Gasteiger partial charge is 0.267 e. The van der Waals surface area contributed by atoms with Gasteiger partial charge in [0.1, 0.15) is 5.17 Å². The fourth-order valence-electron chi connectivity index (χ4n) is 2.93. The van der Waals surface area contributed by atoms with Gasteiger partial charge in [-0.3, -0.25) is 9.59 Å². The highest BCUT2D eigenvalue weighted by Crippen LogP contribution is 2.22. The minimum absolute atomic E-state index is 0.151. The average molecular weight is 439 g/mol. The number of fused-ring (bicyclic) bond motifs is 1. The number of nitrogens with zero attached hydrogens (tertiary/aromatic N) is 2. The van der Waals surface area contributed by atoms with Crippen molar-refractivity contribution in [2.45, 2.75) is 25.6 Å². The van der Waals surface area contributed by atoms with E-state index in [1.165, 1.54) is 4.90 Å². The van der Waals surface area contributed by atoms with E-state index in [4.69, 9.17) is 34.8 Å². The second-order valence-corrected chi connectivity index (χ2v) is 7.68. The van der Waals surface area contributed by atoms with Crippen LogP contribution in [0.1, 0.15) is 23.1 Å². The second-order valence-electron chi connectivity index (χ2n) is 6.48. The SMILES string of the molecule is CN1Cc2ccccc2/C(Cl)=N\C(NC(=O)CCc2ccc(Cl)cc2Cl)C1=O. The third kappa shape index (κ3) is 4.85. The lowest BCUT2D eigenvalue weighted by Gasteiger charge is -2.26. The second kappa shape index (κ2) is 8.95. The molecule has 0 aliphatic carbocycles. The molecule has 8 heteroatoms. The molecule has 0 spiro atoms. The number of hydrogen-bond acceptors (Lipinski definition) is 3. The number of halogens is 3.